The first-order chi connectivity index (χ1) is 23.5. The molecule has 1 aromatic heterocycles. The van der Waals surface area contributed by atoms with E-state index in [1.807, 2.05) is 17.3 Å². The average molecular weight is 670 g/mol. The van der Waals surface area contributed by atoms with E-state index < -0.39 is 5.41 Å². The maximum atomic E-state index is 13.2. The Morgan fingerprint density at radius 1 is 0.771 bits per heavy atom. The molecule has 5 aromatic carbocycles. The van der Waals surface area contributed by atoms with Crippen LogP contribution in [-0.2, 0) is 5.41 Å². The van der Waals surface area contributed by atoms with Crippen LogP contribution >= 0.6 is 24.2 Å². The number of carbonyl (C=O) groups is 1. The Labute approximate surface area is 291 Å². The minimum Gasteiger partial charge on any atom is -0.374 e. The molecule has 1 saturated heterocycles. The van der Waals surface area contributed by atoms with Crippen LogP contribution in [0.1, 0.15) is 38.9 Å². The predicted molar refractivity (Wildman–Crippen MR) is 197 cm³/mol. The minimum absolute atomic E-state index is 0.0376. The fourth-order valence-corrected chi connectivity index (χ4v) is 7.28. The number of thiol groups is 1. The van der Waals surface area contributed by atoms with Crippen molar-refractivity contribution in [2.75, 3.05) is 36.4 Å². The van der Waals surface area contributed by atoms with Gasteiger partial charge >= 0.3 is 0 Å². The number of carbonyl (C=O) groups excluding carboxylic acids is 1. The number of amides is 1. The smallest absolute Gasteiger partial charge is 0.255 e. The number of piperazine rings is 1. The molecule has 0 radical (unpaired) electrons. The lowest BCUT2D eigenvalue weighted by molar-refractivity contribution is 0.0743. The third-order valence-corrected chi connectivity index (χ3v) is 9.84. The first kappa shape index (κ1) is 31.6. The van der Waals surface area contributed by atoms with Crippen LogP contribution in [0.3, 0.4) is 0 Å². The number of rotatable bonds is 9. The summed E-state index contributed by atoms with van der Waals surface area (Å²) in [6.07, 6.45) is 3.69. The standard InChI is InChI=1S/C40H36ClN5OS/c41-32-16-21-36(48)35(28-32)39(47)46-26-24-45(25-27-46)34-19-17-33(18-20-34)44-37(38-42-22-23-43-38)40(29-10-4-1-5-11-29,30-12-6-2-7-13-30)31-14-8-3-9-15-31/h1-23,28,37,44,48H,24-27H2,(H,42,43). The monoisotopic (exact) mass is 669 g/mol. The largest absolute Gasteiger partial charge is 0.374 e. The number of halogens is 1. The van der Waals surface area contributed by atoms with Crippen LogP contribution in [0.15, 0.2) is 151 Å². The summed E-state index contributed by atoms with van der Waals surface area (Å²) in [5, 5.41) is 4.45. The Kier molecular flexibility index (Phi) is 9.23. The van der Waals surface area contributed by atoms with Gasteiger partial charge in [0.1, 0.15) is 11.9 Å². The normalized spacial score (nSPS) is 14.0. The Balaban J connectivity index is 1.19. The highest BCUT2D eigenvalue weighted by Gasteiger charge is 2.46. The van der Waals surface area contributed by atoms with Gasteiger partial charge in [-0.25, -0.2) is 4.98 Å². The van der Waals surface area contributed by atoms with Crippen molar-refractivity contribution in [3.8, 4) is 0 Å². The van der Waals surface area contributed by atoms with Gasteiger partial charge in [0.15, 0.2) is 0 Å². The van der Waals surface area contributed by atoms with Gasteiger partial charge in [-0.1, -0.05) is 103 Å². The van der Waals surface area contributed by atoms with Crippen molar-refractivity contribution in [3.63, 3.8) is 0 Å². The maximum absolute atomic E-state index is 13.2. The highest BCUT2D eigenvalue weighted by Crippen LogP contribution is 2.49. The van der Waals surface area contributed by atoms with Gasteiger partial charge in [-0.3, -0.25) is 4.79 Å². The molecule has 1 atom stereocenters. The number of hydrogen-bond donors (Lipinski definition) is 3. The van der Waals surface area contributed by atoms with E-state index in [0.717, 1.165) is 47.0 Å². The zero-order chi connectivity index (χ0) is 32.9. The molecule has 7 rings (SSSR count). The van der Waals surface area contributed by atoms with Crippen molar-refractivity contribution < 1.29 is 4.79 Å². The van der Waals surface area contributed by atoms with Crippen LogP contribution in [-0.4, -0.2) is 47.0 Å². The number of aromatic amines is 1. The fraction of sp³-hybridized carbons (Fsp3) is 0.150. The average Bonchev–Trinajstić information content (AvgIpc) is 3.69. The van der Waals surface area contributed by atoms with E-state index in [1.54, 1.807) is 18.2 Å². The van der Waals surface area contributed by atoms with Gasteiger partial charge in [0, 0.05) is 59.9 Å². The molecule has 1 unspecified atom stereocenters. The van der Waals surface area contributed by atoms with Crippen LogP contribution in [0.4, 0.5) is 11.4 Å². The summed E-state index contributed by atoms with van der Waals surface area (Å²) in [6, 6.07) is 45.5. The molecule has 240 valence electrons. The van der Waals surface area contributed by atoms with Gasteiger partial charge in [0.25, 0.3) is 5.91 Å². The van der Waals surface area contributed by atoms with Crippen molar-refractivity contribution >= 4 is 41.5 Å². The van der Waals surface area contributed by atoms with Crippen LogP contribution in [0.2, 0.25) is 5.02 Å². The van der Waals surface area contributed by atoms with Crippen LogP contribution in [0, 0.1) is 0 Å². The summed E-state index contributed by atoms with van der Waals surface area (Å²) in [7, 11) is 0. The molecule has 1 aliphatic heterocycles. The van der Waals surface area contributed by atoms with E-state index in [4.69, 9.17) is 16.6 Å². The number of hydrogen-bond acceptors (Lipinski definition) is 5. The molecule has 2 N–H and O–H groups in total. The highest BCUT2D eigenvalue weighted by molar-refractivity contribution is 7.80. The Bertz CT molecular complexity index is 1850. The lowest BCUT2D eigenvalue weighted by atomic mass is 9.64. The third-order valence-electron chi connectivity index (χ3n) is 9.21. The lowest BCUT2D eigenvalue weighted by Crippen LogP contribution is -2.48. The number of benzene rings is 5. The number of imidazole rings is 1. The molecule has 0 aliphatic carbocycles. The number of H-pyrrole nitrogens is 1. The summed E-state index contributed by atoms with van der Waals surface area (Å²) in [5.74, 6) is 0.796. The van der Waals surface area contributed by atoms with Gasteiger partial charge in [-0.05, 0) is 59.2 Å². The van der Waals surface area contributed by atoms with Gasteiger partial charge in [-0.15, -0.1) is 12.6 Å². The van der Waals surface area contributed by atoms with Gasteiger partial charge in [-0.2, -0.15) is 0 Å². The van der Waals surface area contributed by atoms with Crippen LogP contribution in [0.25, 0.3) is 0 Å². The van der Waals surface area contributed by atoms with E-state index in [0.29, 0.717) is 28.6 Å². The van der Waals surface area contributed by atoms with E-state index in [-0.39, 0.29) is 11.9 Å². The topological polar surface area (TPSA) is 64.3 Å². The summed E-state index contributed by atoms with van der Waals surface area (Å²) < 4.78 is 0. The number of anilines is 2. The Hall–Kier alpha value is -4.98. The Morgan fingerprint density at radius 2 is 1.33 bits per heavy atom. The molecular weight excluding hydrogens is 634 g/mol. The van der Waals surface area contributed by atoms with E-state index >= 15 is 0 Å². The molecule has 0 saturated carbocycles. The first-order valence-corrected chi connectivity index (χ1v) is 16.9. The van der Waals surface area contributed by atoms with Crippen molar-refractivity contribution in [2.24, 2.45) is 0 Å². The molecule has 6 aromatic rings. The summed E-state index contributed by atoms with van der Waals surface area (Å²) >= 11 is 10.7. The van der Waals surface area contributed by atoms with E-state index in [9.17, 15) is 4.79 Å². The van der Waals surface area contributed by atoms with E-state index in [1.165, 1.54) is 0 Å². The second kappa shape index (κ2) is 14.0. The van der Waals surface area contributed by atoms with Crippen LogP contribution in [0.5, 0.6) is 0 Å². The molecule has 6 nitrogen and oxygen atoms in total. The second-order valence-corrected chi connectivity index (χ2v) is 12.9. The number of nitrogens with one attached hydrogen (secondary N) is 2. The maximum Gasteiger partial charge on any atom is 0.255 e. The molecule has 1 fully saturated rings. The first-order valence-electron chi connectivity index (χ1n) is 16.1. The molecule has 0 bridgehead atoms. The van der Waals surface area contributed by atoms with Crippen molar-refractivity contribution in [1.29, 1.82) is 0 Å². The van der Waals surface area contributed by atoms with Gasteiger partial charge < -0.3 is 20.1 Å². The van der Waals surface area contributed by atoms with Gasteiger partial charge in [0.05, 0.1) is 11.0 Å². The summed E-state index contributed by atoms with van der Waals surface area (Å²) in [4.78, 5) is 26.3. The van der Waals surface area contributed by atoms with Crippen molar-refractivity contribution in [3.05, 3.63) is 179 Å². The van der Waals surface area contributed by atoms with Crippen molar-refractivity contribution in [2.45, 2.75) is 16.4 Å². The summed E-state index contributed by atoms with van der Waals surface area (Å²) in [5.41, 5.74) is 5.47. The molecule has 2 heterocycles. The van der Waals surface area contributed by atoms with E-state index in [2.05, 4.69) is 143 Å². The van der Waals surface area contributed by atoms with Gasteiger partial charge in [0.2, 0.25) is 0 Å². The summed E-state index contributed by atoms with van der Waals surface area (Å²) in [6.45, 7) is 2.70. The zero-order valence-corrected chi connectivity index (χ0v) is 28.0. The lowest BCUT2D eigenvalue weighted by Gasteiger charge is -2.42. The minimum atomic E-state index is -0.626. The Morgan fingerprint density at radius 3 is 1.85 bits per heavy atom. The molecule has 1 aliphatic rings. The quantitative estimate of drug-likeness (QED) is 0.107. The molecular formula is C40H36ClN5OS. The molecule has 1 amide bonds. The SMILES string of the molecule is O=C(c1cc(Cl)ccc1S)N1CCN(c2ccc(NC(c3ncc[nH]3)C(c3ccccc3)(c3ccccc3)c3ccccc3)cc2)CC1. The number of aromatic nitrogens is 2. The molecule has 8 heteroatoms. The van der Waals surface area contributed by atoms with Crippen molar-refractivity contribution in [1.82, 2.24) is 14.9 Å². The second-order valence-electron chi connectivity index (χ2n) is 11.9. The molecule has 48 heavy (non-hydrogen) atoms. The molecule has 0 spiro atoms. The predicted octanol–water partition coefficient (Wildman–Crippen LogP) is 8.50. The zero-order valence-electron chi connectivity index (χ0n) is 26.3. The highest BCUT2D eigenvalue weighted by atomic mass is 35.5. The fourth-order valence-electron chi connectivity index (χ4n) is 6.87. The number of nitrogens with zero attached hydrogens (tertiary/aromatic N) is 3. The van der Waals surface area contributed by atoms with Crippen LogP contribution < -0.4 is 10.2 Å². The third kappa shape index (κ3) is 6.19.